The van der Waals surface area contributed by atoms with Crippen LogP contribution in [0.1, 0.15) is 18.2 Å². The van der Waals surface area contributed by atoms with Gasteiger partial charge in [0.15, 0.2) is 5.12 Å². The predicted octanol–water partition coefficient (Wildman–Crippen LogP) is 3.42. The zero-order chi connectivity index (χ0) is 10.4. The Morgan fingerprint density at radius 1 is 1.64 bits per heavy atom. The van der Waals surface area contributed by atoms with E-state index in [0.717, 1.165) is 21.4 Å². The molecular formula is C10H9ClOS2. The van der Waals surface area contributed by atoms with Crippen molar-refractivity contribution in [1.82, 2.24) is 0 Å². The van der Waals surface area contributed by atoms with Crippen LogP contribution in [0.4, 0.5) is 0 Å². The van der Waals surface area contributed by atoms with Gasteiger partial charge in [0, 0.05) is 19.1 Å². The van der Waals surface area contributed by atoms with E-state index in [1.807, 2.05) is 12.1 Å². The van der Waals surface area contributed by atoms with Gasteiger partial charge in [0.2, 0.25) is 0 Å². The molecule has 1 heterocycles. The van der Waals surface area contributed by atoms with Crippen LogP contribution < -0.4 is 0 Å². The zero-order valence-electron chi connectivity index (χ0n) is 7.67. The smallest absolute Gasteiger partial charge is 0.185 e. The van der Waals surface area contributed by atoms with Crippen LogP contribution in [0, 0.1) is 11.8 Å². The van der Waals surface area contributed by atoms with Crippen molar-refractivity contribution >= 4 is 39.8 Å². The van der Waals surface area contributed by atoms with Crippen molar-refractivity contribution < 1.29 is 4.79 Å². The molecule has 1 aromatic heterocycles. The van der Waals surface area contributed by atoms with E-state index in [9.17, 15) is 4.79 Å². The Labute approximate surface area is 96.8 Å². The first-order valence-electron chi connectivity index (χ1n) is 4.06. The molecule has 0 fully saturated rings. The minimum atomic E-state index is 0.144. The van der Waals surface area contributed by atoms with Gasteiger partial charge in [0.05, 0.1) is 9.21 Å². The number of hydrogen-bond donors (Lipinski definition) is 0. The van der Waals surface area contributed by atoms with Gasteiger partial charge in [-0.3, -0.25) is 4.79 Å². The van der Waals surface area contributed by atoms with Crippen LogP contribution in [0.25, 0.3) is 0 Å². The van der Waals surface area contributed by atoms with E-state index in [0.29, 0.717) is 0 Å². The summed E-state index contributed by atoms with van der Waals surface area (Å²) in [7, 11) is 0. The molecule has 0 saturated carbocycles. The first-order chi connectivity index (χ1) is 6.68. The molecule has 0 aromatic carbocycles. The summed E-state index contributed by atoms with van der Waals surface area (Å²) < 4.78 is 0.757. The largest absolute Gasteiger partial charge is 0.288 e. The molecule has 74 valence electrons. The maximum atomic E-state index is 10.6. The summed E-state index contributed by atoms with van der Waals surface area (Å²) in [6.45, 7) is 1.57. The van der Waals surface area contributed by atoms with Crippen LogP contribution in [0.15, 0.2) is 12.1 Å². The van der Waals surface area contributed by atoms with Crippen LogP contribution in [-0.2, 0) is 4.79 Å². The van der Waals surface area contributed by atoms with Crippen molar-refractivity contribution in [2.24, 2.45) is 0 Å². The van der Waals surface area contributed by atoms with Gasteiger partial charge >= 0.3 is 0 Å². The van der Waals surface area contributed by atoms with E-state index >= 15 is 0 Å². The Kier molecular flexibility index (Phi) is 5.10. The molecule has 0 amide bonds. The number of carbonyl (C=O) groups is 1. The average Bonchev–Trinajstić information content (AvgIpc) is 2.50. The molecule has 1 rings (SSSR count). The van der Waals surface area contributed by atoms with Gasteiger partial charge in [-0.15, -0.1) is 11.3 Å². The van der Waals surface area contributed by atoms with Crippen LogP contribution in [0.5, 0.6) is 0 Å². The molecule has 0 aliphatic heterocycles. The molecule has 0 spiro atoms. The fraction of sp³-hybridized carbons (Fsp3) is 0.300. The molecule has 0 bridgehead atoms. The summed E-state index contributed by atoms with van der Waals surface area (Å²) in [5.74, 6) is 6.76. The van der Waals surface area contributed by atoms with Gasteiger partial charge in [-0.1, -0.05) is 35.2 Å². The van der Waals surface area contributed by atoms with Crippen LogP contribution in [0.2, 0.25) is 4.34 Å². The monoisotopic (exact) mass is 244 g/mol. The Hall–Kier alpha value is -0.430. The Bertz CT molecular complexity index is 373. The van der Waals surface area contributed by atoms with Crippen molar-refractivity contribution in [2.75, 3.05) is 5.75 Å². The number of carbonyl (C=O) groups excluding carboxylic acids is 1. The molecule has 14 heavy (non-hydrogen) atoms. The summed E-state index contributed by atoms with van der Waals surface area (Å²) in [5.41, 5.74) is 0. The number of rotatable bonds is 2. The van der Waals surface area contributed by atoms with E-state index in [2.05, 4.69) is 11.8 Å². The molecule has 0 aliphatic carbocycles. The van der Waals surface area contributed by atoms with E-state index in [1.165, 1.54) is 23.1 Å². The molecule has 4 heteroatoms. The van der Waals surface area contributed by atoms with Crippen molar-refractivity contribution in [3.8, 4) is 11.8 Å². The third-order valence-corrected chi connectivity index (χ3v) is 3.28. The fourth-order valence-electron chi connectivity index (χ4n) is 0.777. The highest BCUT2D eigenvalue weighted by atomic mass is 35.5. The molecule has 1 aromatic rings. The predicted molar refractivity (Wildman–Crippen MR) is 64.0 cm³/mol. The second kappa shape index (κ2) is 6.13. The topological polar surface area (TPSA) is 17.1 Å². The molecular weight excluding hydrogens is 236 g/mol. The lowest BCUT2D eigenvalue weighted by atomic mass is 10.4. The molecule has 0 radical (unpaired) electrons. The highest BCUT2D eigenvalue weighted by molar-refractivity contribution is 8.13. The average molecular weight is 245 g/mol. The number of hydrogen-bond acceptors (Lipinski definition) is 3. The quantitative estimate of drug-likeness (QED) is 0.586. The lowest BCUT2D eigenvalue weighted by Crippen LogP contribution is -1.83. The van der Waals surface area contributed by atoms with E-state index in [-0.39, 0.29) is 5.12 Å². The number of halogens is 1. The van der Waals surface area contributed by atoms with E-state index in [4.69, 9.17) is 11.6 Å². The SMILES string of the molecule is CC(=O)SCCC#Cc1ccc(Cl)s1. The van der Waals surface area contributed by atoms with Gasteiger partial charge in [0.1, 0.15) is 0 Å². The van der Waals surface area contributed by atoms with E-state index < -0.39 is 0 Å². The molecule has 0 unspecified atom stereocenters. The normalized spacial score (nSPS) is 9.29. The first-order valence-corrected chi connectivity index (χ1v) is 6.24. The fourth-order valence-corrected chi connectivity index (χ4v) is 2.19. The minimum Gasteiger partial charge on any atom is -0.288 e. The Balaban J connectivity index is 2.30. The maximum Gasteiger partial charge on any atom is 0.185 e. The van der Waals surface area contributed by atoms with Crippen molar-refractivity contribution in [1.29, 1.82) is 0 Å². The third kappa shape index (κ3) is 4.71. The minimum absolute atomic E-state index is 0.144. The van der Waals surface area contributed by atoms with Crippen molar-refractivity contribution in [3.63, 3.8) is 0 Å². The summed E-state index contributed by atoms with van der Waals surface area (Å²) in [6.07, 6.45) is 0.736. The van der Waals surface area contributed by atoms with Crippen LogP contribution in [0.3, 0.4) is 0 Å². The second-order valence-electron chi connectivity index (χ2n) is 2.50. The van der Waals surface area contributed by atoms with Gasteiger partial charge in [-0.25, -0.2) is 0 Å². The molecule has 0 atom stereocenters. The van der Waals surface area contributed by atoms with Crippen LogP contribution in [-0.4, -0.2) is 10.9 Å². The standard InChI is InChI=1S/C10H9ClOS2/c1-8(12)13-7-3-2-4-9-5-6-10(11)14-9/h5-6H,3,7H2,1H3. The summed E-state index contributed by atoms with van der Waals surface area (Å²) in [6, 6.07) is 3.73. The Morgan fingerprint density at radius 3 is 3.00 bits per heavy atom. The maximum absolute atomic E-state index is 10.6. The summed E-state index contributed by atoms with van der Waals surface area (Å²) in [5, 5.41) is 0.144. The molecule has 0 saturated heterocycles. The summed E-state index contributed by atoms with van der Waals surface area (Å²) >= 11 is 8.52. The van der Waals surface area contributed by atoms with Gasteiger partial charge in [-0.05, 0) is 12.1 Å². The third-order valence-electron chi connectivity index (χ3n) is 1.32. The van der Waals surface area contributed by atoms with Crippen molar-refractivity contribution in [2.45, 2.75) is 13.3 Å². The van der Waals surface area contributed by atoms with E-state index in [1.54, 1.807) is 6.92 Å². The first kappa shape index (κ1) is 11.6. The lowest BCUT2D eigenvalue weighted by Gasteiger charge is -1.87. The lowest BCUT2D eigenvalue weighted by molar-refractivity contribution is -0.109. The Morgan fingerprint density at radius 2 is 2.43 bits per heavy atom. The second-order valence-corrected chi connectivity index (χ2v) is 5.48. The van der Waals surface area contributed by atoms with Crippen molar-refractivity contribution in [3.05, 3.63) is 21.3 Å². The van der Waals surface area contributed by atoms with Gasteiger partial charge < -0.3 is 0 Å². The highest BCUT2D eigenvalue weighted by Gasteiger charge is 1.93. The number of thioether (sulfide) groups is 1. The van der Waals surface area contributed by atoms with Gasteiger partial charge in [-0.2, -0.15) is 0 Å². The molecule has 0 N–H and O–H groups in total. The molecule has 1 nitrogen and oxygen atoms in total. The van der Waals surface area contributed by atoms with Gasteiger partial charge in [0.25, 0.3) is 0 Å². The highest BCUT2D eigenvalue weighted by Crippen LogP contribution is 2.20. The summed E-state index contributed by atoms with van der Waals surface area (Å²) in [4.78, 5) is 11.6. The molecule has 0 aliphatic rings. The van der Waals surface area contributed by atoms with Crippen LogP contribution >= 0.6 is 34.7 Å². The number of thiophene rings is 1. The zero-order valence-corrected chi connectivity index (χ0v) is 10.1.